The van der Waals surface area contributed by atoms with Crippen molar-refractivity contribution in [2.45, 2.75) is 24.3 Å². The lowest BCUT2D eigenvalue weighted by atomic mass is 10.2. The van der Waals surface area contributed by atoms with Crippen molar-refractivity contribution >= 4 is 27.5 Å². The number of hydrogen-bond acceptors (Lipinski definition) is 4. The molecule has 1 aromatic carbocycles. The van der Waals surface area contributed by atoms with Crippen LogP contribution in [0, 0.1) is 0 Å². The van der Waals surface area contributed by atoms with Crippen molar-refractivity contribution < 1.29 is 13.2 Å². The summed E-state index contributed by atoms with van der Waals surface area (Å²) in [6.45, 7) is 3.13. The summed E-state index contributed by atoms with van der Waals surface area (Å²) in [7, 11) is -3.54. The van der Waals surface area contributed by atoms with Crippen LogP contribution in [0.15, 0.2) is 29.2 Å². The van der Waals surface area contributed by atoms with E-state index in [2.05, 4.69) is 0 Å². The third kappa shape index (κ3) is 3.98. The minimum atomic E-state index is -3.54. The Morgan fingerprint density at radius 2 is 1.77 bits per heavy atom. The molecule has 1 fully saturated rings. The predicted molar refractivity (Wildman–Crippen MR) is 85.1 cm³/mol. The van der Waals surface area contributed by atoms with E-state index in [1.807, 2.05) is 0 Å². The second-order valence-corrected chi connectivity index (χ2v) is 7.79. The molecule has 2 N–H and O–H groups in total. The zero-order chi connectivity index (χ0) is 16.3. The minimum absolute atomic E-state index is 0.0291. The van der Waals surface area contributed by atoms with Crippen LogP contribution in [0.2, 0.25) is 5.02 Å². The first-order chi connectivity index (χ1) is 10.3. The molecule has 1 aliphatic heterocycles. The molecule has 0 aliphatic carbocycles. The summed E-state index contributed by atoms with van der Waals surface area (Å²) in [6.07, 6.45) is 0.282. The lowest BCUT2D eigenvalue weighted by molar-refractivity contribution is -0.132. The molecule has 0 spiro atoms. The standard InChI is InChI=1S/C14H20ClN3O3S/c1-11(16)10-14(19)17-6-8-18(9-7-17)22(20,21)13-4-2-12(15)3-5-13/h2-5,11H,6-10,16H2,1H3. The Bertz CT molecular complexity index is 623. The summed E-state index contributed by atoms with van der Waals surface area (Å²) in [5, 5.41) is 0.491. The molecule has 122 valence electrons. The maximum atomic E-state index is 12.5. The number of benzene rings is 1. The predicted octanol–water partition coefficient (Wildman–Crippen LogP) is 0.910. The van der Waals surface area contributed by atoms with Crippen molar-refractivity contribution in [3.63, 3.8) is 0 Å². The minimum Gasteiger partial charge on any atom is -0.340 e. The molecule has 1 saturated heterocycles. The Morgan fingerprint density at radius 1 is 1.23 bits per heavy atom. The highest BCUT2D eigenvalue weighted by Crippen LogP contribution is 2.20. The van der Waals surface area contributed by atoms with Crippen LogP contribution in [0.3, 0.4) is 0 Å². The lowest BCUT2D eigenvalue weighted by Gasteiger charge is -2.34. The molecule has 1 aliphatic rings. The van der Waals surface area contributed by atoms with Gasteiger partial charge in [-0.2, -0.15) is 4.31 Å². The molecule has 1 aromatic rings. The van der Waals surface area contributed by atoms with Crippen LogP contribution >= 0.6 is 11.6 Å². The average molecular weight is 346 g/mol. The monoisotopic (exact) mass is 345 g/mol. The molecule has 1 amide bonds. The Morgan fingerprint density at radius 3 is 2.27 bits per heavy atom. The van der Waals surface area contributed by atoms with Crippen molar-refractivity contribution in [1.29, 1.82) is 0 Å². The van der Waals surface area contributed by atoms with E-state index in [9.17, 15) is 13.2 Å². The number of carbonyl (C=O) groups is 1. The first-order valence-electron chi connectivity index (χ1n) is 7.10. The summed E-state index contributed by atoms with van der Waals surface area (Å²) in [4.78, 5) is 13.8. The van der Waals surface area contributed by atoms with E-state index < -0.39 is 10.0 Å². The van der Waals surface area contributed by atoms with Crippen LogP contribution in [0.1, 0.15) is 13.3 Å². The summed E-state index contributed by atoms with van der Waals surface area (Å²) < 4.78 is 26.4. The maximum Gasteiger partial charge on any atom is 0.243 e. The number of nitrogens with two attached hydrogens (primary N) is 1. The third-order valence-corrected chi connectivity index (χ3v) is 5.70. The maximum absolute atomic E-state index is 12.5. The molecule has 1 heterocycles. The van der Waals surface area contributed by atoms with Crippen LogP contribution in [0.5, 0.6) is 0 Å². The molecule has 6 nitrogen and oxygen atoms in total. The molecule has 0 bridgehead atoms. The second kappa shape index (κ2) is 6.95. The fraction of sp³-hybridized carbons (Fsp3) is 0.500. The smallest absolute Gasteiger partial charge is 0.243 e. The van der Waals surface area contributed by atoms with Crippen LogP contribution in [-0.4, -0.2) is 55.8 Å². The molecule has 0 aromatic heterocycles. The van der Waals surface area contributed by atoms with E-state index in [1.165, 1.54) is 16.4 Å². The second-order valence-electron chi connectivity index (χ2n) is 5.42. The average Bonchev–Trinajstić information content (AvgIpc) is 2.47. The van der Waals surface area contributed by atoms with Gasteiger partial charge in [-0.3, -0.25) is 4.79 Å². The summed E-state index contributed by atoms with van der Waals surface area (Å²) >= 11 is 5.78. The fourth-order valence-corrected chi connectivity index (χ4v) is 3.89. The lowest BCUT2D eigenvalue weighted by Crippen LogP contribution is -2.51. The number of rotatable bonds is 4. The van der Waals surface area contributed by atoms with Gasteiger partial charge in [-0.25, -0.2) is 8.42 Å². The summed E-state index contributed by atoms with van der Waals surface area (Å²) in [6, 6.07) is 5.90. The Kier molecular flexibility index (Phi) is 5.44. The molecule has 1 unspecified atom stereocenters. The van der Waals surface area contributed by atoms with E-state index in [-0.39, 0.29) is 36.4 Å². The van der Waals surface area contributed by atoms with Crippen molar-refractivity contribution in [3.8, 4) is 0 Å². The highest BCUT2D eigenvalue weighted by molar-refractivity contribution is 7.89. The Hall–Kier alpha value is -1.15. The molecule has 0 saturated carbocycles. The zero-order valence-corrected chi connectivity index (χ0v) is 14.0. The first-order valence-corrected chi connectivity index (χ1v) is 8.91. The summed E-state index contributed by atoms with van der Waals surface area (Å²) in [5.41, 5.74) is 5.62. The molecule has 1 atom stereocenters. The first kappa shape index (κ1) is 17.2. The topological polar surface area (TPSA) is 83.7 Å². The van der Waals surface area contributed by atoms with Gasteiger partial charge in [-0.15, -0.1) is 0 Å². The number of hydrogen-bond donors (Lipinski definition) is 1. The third-order valence-electron chi connectivity index (χ3n) is 3.54. The highest BCUT2D eigenvalue weighted by atomic mass is 35.5. The number of halogens is 1. The summed E-state index contributed by atoms with van der Waals surface area (Å²) in [5.74, 6) is -0.0291. The van der Waals surface area contributed by atoms with Crippen LogP contribution in [-0.2, 0) is 14.8 Å². The SMILES string of the molecule is CC(N)CC(=O)N1CCN(S(=O)(=O)c2ccc(Cl)cc2)CC1. The molecule has 8 heteroatoms. The van der Waals surface area contributed by atoms with Gasteiger partial charge in [0.05, 0.1) is 4.90 Å². The van der Waals surface area contributed by atoms with Crippen LogP contribution in [0.4, 0.5) is 0 Å². The van der Waals surface area contributed by atoms with Gasteiger partial charge in [0.15, 0.2) is 0 Å². The Labute approximate surface area is 135 Å². The van der Waals surface area contributed by atoms with Crippen molar-refractivity contribution in [2.75, 3.05) is 26.2 Å². The van der Waals surface area contributed by atoms with Crippen molar-refractivity contribution in [1.82, 2.24) is 9.21 Å². The van der Waals surface area contributed by atoms with E-state index in [4.69, 9.17) is 17.3 Å². The van der Waals surface area contributed by atoms with Gasteiger partial charge >= 0.3 is 0 Å². The number of sulfonamides is 1. The fourth-order valence-electron chi connectivity index (χ4n) is 2.34. The van der Waals surface area contributed by atoms with Gasteiger partial charge in [-0.05, 0) is 31.2 Å². The van der Waals surface area contributed by atoms with Gasteiger partial charge in [-0.1, -0.05) is 11.6 Å². The van der Waals surface area contributed by atoms with E-state index in [0.29, 0.717) is 18.1 Å². The van der Waals surface area contributed by atoms with Gasteiger partial charge < -0.3 is 10.6 Å². The quantitative estimate of drug-likeness (QED) is 0.879. The Balaban J connectivity index is 2.01. The molecule has 2 rings (SSSR count). The number of amides is 1. The molecular weight excluding hydrogens is 326 g/mol. The largest absolute Gasteiger partial charge is 0.340 e. The van der Waals surface area contributed by atoms with Gasteiger partial charge in [0, 0.05) is 43.7 Å². The van der Waals surface area contributed by atoms with E-state index in [0.717, 1.165) is 0 Å². The van der Waals surface area contributed by atoms with E-state index >= 15 is 0 Å². The zero-order valence-electron chi connectivity index (χ0n) is 12.4. The molecular formula is C14H20ClN3O3S. The van der Waals surface area contributed by atoms with Crippen LogP contribution < -0.4 is 5.73 Å². The van der Waals surface area contributed by atoms with Crippen molar-refractivity contribution in [3.05, 3.63) is 29.3 Å². The number of carbonyl (C=O) groups excluding carboxylic acids is 1. The number of nitrogens with zero attached hydrogens (tertiary/aromatic N) is 2. The molecule has 22 heavy (non-hydrogen) atoms. The normalized spacial score (nSPS) is 18.2. The van der Waals surface area contributed by atoms with Gasteiger partial charge in [0.25, 0.3) is 0 Å². The van der Waals surface area contributed by atoms with Gasteiger partial charge in [0.2, 0.25) is 15.9 Å². The van der Waals surface area contributed by atoms with Crippen LogP contribution in [0.25, 0.3) is 0 Å². The molecule has 0 radical (unpaired) electrons. The number of piperazine rings is 1. The van der Waals surface area contributed by atoms with E-state index in [1.54, 1.807) is 24.0 Å². The van der Waals surface area contributed by atoms with Crippen molar-refractivity contribution in [2.24, 2.45) is 5.73 Å². The van der Waals surface area contributed by atoms with Gasteiger partial charge in [0.1, 0.15) is 0 Å². The highest BCUT2D eigenvalue weighted by Gasteiger charge is 2.30.